The molecule has 1 unspecified atom stereocenters. The van der Waals surface area contributed by atoms with Gasteiger partial charge in [0.1, 0.15) is 11.6 Å². The van der Waals surface area contributed by atoms with Crippen molar-refractivity contribution in [1.82, 2.24) is 5.32 Å². The van der Waals surface area contributed by atoms with Crippen LogP contribution in [0.3, 0.4) is 0 Å². The fourth-order valence-corrected chi connectivity index (χ4v) is 1.77. The number of anilines is 1. The van der Waals surface area contributed by atoms with Gasteiger partial charge in [0.2, 0.25) is 5.91 Å². The van der Waals surface area contributed by atoms with Crippen LogP contribution in [0.25, 0.3) is 0 Å². The predicted molar refractivity (Wildman–Crippen MR) is 62.2 cm³/mol. The topological polar surface area (TPSA) is 50.4 Å². The molecule has 1 aliphatic heterocycles. The molecule has 0 aromatic heterocycles. The normalized spacial score (nSPS) is 19.6. The van der Waals surface area contributed by atoms with Crippen LogP contribution in [0.15, 0.2) is 18.2 Å². The number of hydrogen-bond donors (Lipinski definition) is 2. The molecule has 0 aliphatic carbocycles. The molecule has 1 fully saturated rings. The lowest BCUT2D eigenvalue weighted by Gasteiger charge is -2.23. The SMILES string of the molecule is O=C(CC1COCCN1)Nc1ccc(F)cc1F. The van der Waals surface area contributed by atoms with Gasteiger partial charge in [-0.3, -0.25) is 4.79 Å². The minimum Gasteiger partial charge on any atom is -0.378 e. The zero-order chi connectivity index (χ0) is 13.0. The summed E-state index contributed by atoms with van der Waals surface area (Å²) in [5, 5.41) is 5.53. The fourth-order valence-electron chi connectivity index (χ4n) is 1.77. The van der Waals surface area contributed by atoms with Gasteiger partial charge in [-0.1, -0.05) is 0 Å². The van der Waals surface area contributed by atoms with Crippen molar-refractivity contribution < 1.29 is 18.3 Å². The molecular weight excluding hydrogens is 242 g/mol. The summed E-state index contributed by atoms with van der Waals surface area (Å²) in [6, 6.07) is 2.97. The number of morpholine rings is 1. The molecule has 4 nitrogen and oxygen atoms in total. The Hall–Kier alpha value is -1.53. The molecular formula is C12H14F2N2O2. The van der Waals surface area contributed by atoms with E-state index in [-0.39, 0.29) is 24.1 Å². The van der Waals surface area contributed by atoms with E-state index in [1.807, 2.05) is 0 Å². The van der Waals surface area contributed by atoms with Crippen molar-refractivity contribution in [2.45, 2.75) is 12.5 Å². The number of benzene rings is 1. The zero-order valence-electron chi connectivity index (χ0n) is 9.71. The monoisotopic (exact) mass is 256 g/mol. The van der Waals surface area contributed by atoms with Gasteiger partial charge in [-0.05, 0) is 12.1 Å². The van der Waals surface area contributed by atoms with Crippen LogP contribution in [-0.2, 0) is 9.53 Å². The van der Waals surface area contributed by atoms with E-state index in [0.29, 0.717) is 19.8 Å². The van der Waals surface area contributed by atoms with Crippen LogP contribution >= 0.6 is 0 Å². The summed E-state index contributed by atoms with van der Waals surface area (Å²) < 4.78 is 31.2. The number of rotatable bonds is 3. The number of carbonyl (C=O) groups excluding carboxylic acids is 1. The van der Waals surface area contributed by atoms with Crippen molar-refractivity contribution in [3.63, 3.8) is 0 Å². The Morgan fingerprint density at radius 1 is 1.50 bits per heavy atom. The van der Waals surface area contributed by atoms with E-state index in [0.717, 1.165) is 12.1 Å². The molecule has 6 heteroatoms. The summed E-state index contributed by atoms with van der Waals surface area (Å²) in [4.78, 5) is 11.7. The molecule has 18 heavy (non-hydrogen) atoms. The first-order chi connectivity index (χ1) is 8.65. The molecule has 1 aliphatic rings. The Morgan fingerprint density at radius 3 is 3.00 bits per heavy atom. The molecule has 1 aromatic carbocycles. The third-order valence-corrected chi connectivity index (χ3v) is 2.64. The molecule has 98 valence electrons. The lowest BCUT2D eigenvalue weighted by molar-refractivity contribution is -0.117. The number of halogens is 2. The van der Waals surface area contributed by atoms with Crippen LogP contribution in [0, 0.1) is 11.6 Å². The summed E-state index contributed by atoms with van der Waals surface area (Å²) in [6.45, 7) is 1.78. The van der Waals surface area contributed by atoms with Crippen molar-refractivity contribution in [3.8, 4) is 0 Å². The highest BCUT2D eigenvalue weighted by atomic mass is 19.1. The van der Waals surface area contributed by atoms with E-state index < -0.39 is 11.6 Å². The Balaban J connectivity index is 1.90. The van der Waals surface area contributed by atoms with Gasteiger partial charge in [0.05, 0.1) is 18.9 Å². The Labute approximate surface area is 103 Å². The molecule has 1 aromatic rings. The maximum absolute atomic E-state index is 13.3. The van der Waals surface area contributed by atoms with Crippen molar-refractivity contribution in [3.05, 3.63) is 29.8 Å². The maximum Gasteiger partial charge on any atom is 0.226 e. The van der Waals surface area contributed by atoms with Gasteiger partial charge >= 0.3 is 0 Å². The molecule has 0 spiro atoms. The molecule has 0 saturated carbocycles. The lowest BCUT2D eigenvalue weighted by atomic mass is 10.2. The van der Waals surface area contributed by atoms with Gasteiger partial charge in [-0.2, -0.15) is 0 Å². The Bertz CT molecular complexity index is 434. The molecule has 1 heterocycles. The highest BCUT2D eigenvalue weighted by molar-refractivity contribution is 5.91. The van der Waals surface area contributed by atoms with Crippen LogP contribution in [0.4, 0.5) is 14.5 Å². The van der Waals surface area contributed by atoms with Crippen molar-refractivity contribution in [2.24, 2.45) is 0 Å². The number of ether oxygens (including phenoxy) is 1. The van der Waals surface area contributed by atoms with Gasteiger partial charge in [0.15, 0.2) is 0 Å². The molecule has 2 rings (SSSR count). The van der Waals surface area contributed by atoms with Crippen molar-refractivity contribution >= 4 is 11.6 Å². The van der Waals surface area contributed by atoms with E-state index in [4.69, 9.17) is 4.74 Å². The first kappa shape index (κ1) is 12.9. The second-order valence-corrected chi connectivity index (χ2v) is 4.10. The summed E-state index contributed by atoms with van der Waals surface area (Å²) in [7, 11) is 0. The van der Waals surface area contributed by atoms with E-state index >= 15 is 0 Å². The third kappa shape index (κ3) is 3.48. The van der Waals surface area contributed by atoms with E-state index in [2.05, 4.69) is 10.6 Å². The number of carbonyl (C=O) groups is 1. The highest BCUT2D eigenvalue weighted by Crippen LogP contribution is 2.15. The minimum absolute atomic E-state index is 0.0156. The summed E-state index contributed by atoms with van der Waals surface area (Å²) >= 11 is 0. The summed E-state index contributed by atoms with van der Waals surface area (Å²) in [5.74, 6) is -1.78. The minimum atomic E-state index is -0.781. The Morgan fingerprint density at radius 2 is 2.33 bits per heavy atom. The molecule has 0 bridgehead atoms. The van der Waals surface area contributed by atoms with Crippen molar-refractivity contribution in [1.29, 1.82) is 0 Å². The third-order valence-electron chi connectivity index (χ3n) is 2.64. The van der Waals surface area contributed by atoms with Gasteiger partial charge in [-0.15, -0.1) is 0 Å². The first-order valence-electron chi connectivity index (χ1n) is 5.71. The first-order valence-corrected chi connectivity index (χ1v) is 5.71. The second kappa shape index (κ2) is 5.88. The average molecular weight is 256 g/mol. The standard InChI is InChI=1S/C12H14F2N2O2/c13-8-1-2-11(10(14)5-8)16-12(17)6-9-7-18-4-3-15-9/h1-2,5,9,15H,3-4,6-7H2,(H,16,17). The predicted octanol–water partition coefficient (Wildman–Crippen LogP) is 1.28. The average Bonchev–Trinajstić information content (AvgIpc) is 2.34. The van der Waals surface area contributed by atoms with E-state index in [9.17, 15) is 13.6 Å². The maximum atomic E-state index is 13.3. The lowest BCUT2D eigenvalue weighted by Crippen LogP contribution is -2.43. The summed E-state index contributed by atoms with van der Waals surface area (Å²) in [5.41, 5.74) is -0.0156. The molecule has 1 saturated heterocycles. The van der Waals surface area contributed by atoms with Crippen LogP contribution in [0.2, 0.25) is 0 Å². The van der Waals surface area contributed by atoms with Crippen LogP contribution in [-0.4, -0.2) is 31.7 Å². The molecule has 2 N–H and O–H groups in total. The smallest absolute Gasteiger partial charge is 0.226 e. The molecule has 1 amide bonds. The number of amides is 1. The van der Waals surface area contributed by atoms with Crippen LogP contribution in [0.1, 0.15) is 6.42 Å². The van der Waals surface area contributed by atoms with E-state index in [1.165, 1.54) is 6.07 Å². The molecule has 0 radical (unpaired) electrons. The largest absolute Gasteiger partial charge is 0.378 e. The fraction of sp³-hybridized carbons (Fsp3) is 0.417. The van der Waals surface area contributed by atoms with Gasteiger partial charge < -0.3 is 15.4 Å². The number of nitrogens with one attached hydrogen (secondary N) is 2. The quantitative estimate of drug-likeness (QED) is 0.856. The van der Waals surface area contributed by atoms with Gasteiger partial charge in [-0.25, -0.2) is 8.78 Å². The zero-order valence-corrected chi connectivity index (χ0v) is 9.71. The number of hydrogen-bond acceptors (Lipinski definition) is 3. The van der Waals surface area contributed by atoms with Crippen LogP contribution < -0.4 is 10.6 Å². The highest BCUT2D eigenvalue weighted by Gasteiger charge is 2.17. The molecule has 1 atom stereocenters. The van der Waals surface area contributed by atoms with E-state index in [1.54, 1.807) is 0 Å². The second-order valence-electron chi connectivity index (χ2n) is 4.10. The van der Waals surface area contributed by atoms with Crippen molar-refractivity contribution in [2.75, 3.05) is 25.1 Å². The van der Waals surface area contributed by atoms with Gasteiger partial charge in [0, 0.05) is 25.1 Å². The van der Waals surface area contributed by atoms with Gasteiger partial charge in [0.25, 0.3) is 0 Å². The summed E-state index contributed by atoms with van der Waals surface area (Å²) in [6.07, 6.45) is 0.191. The Kier molecular flexibility index (Phi) is 4.22. The van der Waals surface area contributed by atoms with Crippen LogP contribution in [0.5, 0.6) is 0 Å².